The van der Waals surface area contributed by atoms with Gasteiger partial charge in [0.1, 0.15) is 0 Å². The molecule has 132 valence electrons. The highest BCUT2D eigenvalue weighted by atomic mass is 32.2. The first-order chi connectivity index (χ1) is 12.5. The predicted octanol–water partition coefficient (Wildman–Crippen LogP) is 3.88. The van der Waals surface area contributed by atoms with E-state index in [4.69, 9.17) is 0 Å². The van der Waals surface area contributed by atoms with E-state index in [-0.39, 0.29) is 22.9 Å². The van der Waals surface area contributed by atoms with Crippen molar-refractivity contribution < 1.29 is 13.2 Å². The van der Waals surface area contributed by atoms with Crippen molar-refractivity contribution in [1.82, 2.24) is 0 Å². The monoisotopic (exact) mass is 366 g/mol. The second-order valence-corrected chi connectivity index (χ2v) is 7.43. The summed E-state index contributed by atoms with van der Waals surface area (Å²) in [5.41, 5.74) is 1.82. The van der Waals surface area contributed by atoms with Crippen LogP contribution in [-0.4, -0.2) is 14.3 Å². The van der Waals surface area contributed by atoms with E-state index < -0.39 is 10.0 Å². The quantitative estimate of drug-likeness (QED) is 0.695. The lowest BCUT2D eigenvalue weighted by Crippen LogP contribution is -2.19. The summed E-state index contributed by atoms with van der Waals surface area (Å²) in [4.78, 5) is 12.5. The summed E-state index contributed by atoms with van der Waals surface area (Å²) in [6.45, 7) is 0. The molecule has 0 saturated carbocycles. The molecule has 3 aromatic carbocycles. The van der Waals surface area contributed by atoms with Crippen LogP contribution in [0.1, 0.15) is 15.9 Å². The number of amides is 1. The molecule has 1 amide bonds. The van der Waals surface area contributed by atoms with Crippen LogP contribution in [0.4, 0.5) is 11.4 Å². The maximum Gasteiger partial charge on any atom is 0.257 e. The van der Waals surface area contributed by atoms with Crippen molar-refractivity contribution in [2.24, 2.45) is 0 Å². The molecule has 0 bridgehead atoms. The van der Waals surface area contributed by atoms with Gasteiger partial charge in [-0.2, -0.15) is 0 Å². The summed E-state index contributed by atoms with van der Waals surface area (Å²) in [6.07, 6.45) is 0. The molecule has 0 aliphatic carbocycles. The first-order valence-corrected chi connectivity index (χ1v) is 9.68. The number of benzene rings is 3. The Labute approximate surface area is 152 Å². The fraction of sp³-hybridized carbons (Fsp3) is 0.0500. The Kier molecular flexibility index (Phi) is 5.34. The van der Waals surface area contributed by atoms with Crippen LogP contribution in [0, 0.1) is 0 Å². The van der Waals surface area contributed by atoms with Gasteiger partial charge in [0, 0.05) is 5.69 Å². The number of rotatable bonds is 6. The van der Waals surface area contributed by atoms with Crippen LogP contribution in [0.2, 0.25) is 0 Å². The zero-order chi connectivity index (χ0) is 18.4. The highest BCUT2D eigenvalue weighted by Crippen LogP contribution is 2.20. The average Bonchev–Trinajstić information content (AvgIpc) is 2.63. The van der Waals surface area contributed by atoms with Crippen LogP contribution < -0.4 is 10.0 Å². The molecule has 0 fully saturated rings. The third-order valence-corrected chi connectivity index (χ3v) is 4.91. The number of para-hydroxylation sites is 2. The normalized spacial score (nSPS) is 10.9. The van der Waals surface area contributed by atoms with Crippen LogP contribution in [0.15, 0.2) is 84.9 Å². The van der Waals surface area contributed by atoms with Gasteiger partial charge in [-0.1, -0.05) is 60.7 Å². The molecule has 6 heteroatoms. The van der Waals surface area contributed by atoms with E-state index >= 15 is 0 Å². The van der Waals surface area contributed by atoms with Crippen LogP contribution in [-0.2, 0) is 15.8 Å². The summed E-state index contributed by atoms with van der Waals surface area (Å²) in [5.74, 6) is -0.545. The number of anilines is 2. The lowest BCUT2D eigenvalue weighted by molar-refractivity contribution is 0.102. The number of carbonyl (C=O) groups excluding carboxylic acids is 1. The third-order valence-electron chi connectivity index (χ3n) is 3.67. The lowest BCUT2D eigenvalue weighted by Gasteiger charge is -2.13. The first kappa shape index (κ1) is 17.7. The second kappa shape index (κ2) is 7.84. The van der Waals surface area contributed by atoms with Crippen molar-refractivity contribution in [3.05, 3.63) is 96.1 Å². The summed E-state index contributed by atoms with van der Waals surface area (Å²) in [6, 6.07) is 24.4. The van der Waals surface area contributed by atoms with E-state index in [0.717, 1.165) is 0 Å². The summed E-state index contributed by atoms with van der Waals surface area (Å²) >= 11 is 0. The van der Waals surface area contributed by atoms with E-state index in [2.05, 4.69) is 10.0 Å². The van der Waals surface area contributed by atoms with Crippen molar-refractivity contribution in [2.75, 3.05) is 10.0 Å². The Balaban J connectivity index is 1.79. The van der Waals surface area contributed by atoms with Gasteiger partial charge in [-0.25, -0.2) is 8.42 Å². The van der Waals surface area contributed by atoms with Crippen LogP contribution in [0.5, 0.6) is 0 Å². The van der Waals surface area contributed by atoms with E-state index in [0.29, 0.717) is 11.3 Å². The highest BCUT2D eigenvalue weighted by Gasteiger charge is 2.17. The van der Waals surface area contributed by atoms with E-state index in [1.807, 2.05) is 24.3 Å². The average molecular weight is 366 g/mol. The smallest absolute Gasteiger partial charge is 0.257 e. The third kappa shape index (κ3) is 4.70. The fourth-order valence-electron chi connectivity index (χ4n) is 2.49. The fourth-order valence-corrected chi connectivity index (χ4v) is 3.70. The van der Waals surface area contributed by atoms with Crippen LogP contribution in [0.25, 0.3) is 0 Å². The van der Waals surface area contributed by atoms with Crippen molar-refractivity contribution in [2.45, 2.75) is 5.75 Å². The van der Waals surface area contributed by atoms with Gasteiger partial charge in [-0.15, -0.1) is 0 Å². The zero-order valence-electron chi connectivity index (χ0n) is 13.9. The Hall–Kier alpha value is -3.12. The van der Waals surface area contributed by atoms with E-state index in [1.165, 1.54) is 0 Å². The molecule has 2 N–H and O–H groups in total. The molecule has 0 aliphatic rings. The molecular weight excluding hydrogens is 348 g/mol. The Bertz CT molecular complexity index is 988. The Morgan fingerprint density at radius 2 is 1.35 bits per heavy atom. The number of hydrogen-bond donors (Lipinski definition) is 2. The predicted molar refractivity (Wildman–Crippen MR) is 104 cm³/mol. The standard InChI is InChI=1S/C20H18N2O3S/c23-20(21-17-11-5-2-6-12-17)18-13-7-8-14-19(18)22-26(24,25)15-16-9-3-1-4-10-16/h1-14,22H,15H2,(H,21,23). The minimum absolute atomic E-state index is 0.164. The van der Waals surface area contributed by atoms with Gasteiger partial charge in [-0.05, 0) is 29.8 Å². The minimum atomic E-state index is -3.65. The molecule has 0 radical (unpaired) electrons. The molecule has 3 aromatic rings. The molecule has 0 aliphatic heterocycles. The molecule has 0 atom stereocenters. The van der Waals surface area contributed by atoms with E-state index in [9.17, 15) is 13.2 Å². The lowest BCUT2D eigenvalue weighted by atomic mass is 10.1. The molecule has 3 rings (SSSR count). The van der Waals surface area contributed by atoms with Crippen molar-refractivity contribution >= 4 is 27.3 Å². The molecule has 5 nitrogen and oxygen atoms in total. The number of sulfonamides is 1. The molecule has 26 heavy (non-hydrogen) atoms. The Morgan fingerprint density at radius 1 is 0.769 bits per heavy atom. The zero-order valence-corrected chi connectivity index (χ0v) is 14.7. The van der Waals surface area contributed by atoms with Crippen molar-refractivity contribution in [1.29, 1.82) is 0 Å². The topological polar surface area (TPSA) is 75.3 Å². The first-order valence-electron chi connectivity index (χ1n) is 8.03. The SMILES string of the molecule is O=C(Nc1ccccc1)c1ccccc1NS(=O)(=O)Cc1ccccc1. The number of nitrogens with one attached hydrogen (secondary N) is 2. The van der Waals surface area contributed by atoms with Gasteiger partial charge in [0.25, 0.3) is 5.91 Å². The highest BCUT2D eigenvalue weighted by molar-refractivity contribution is 7.91. The molecule has 0 heterocycles. The molecule has 0 spiro atoms. The molecule has 0 saturated heterocycles. The molecular formula is C20H18N2O3S. The van der Waals surface area contributed by atoms with Gasteiger partial charge in [0.2, 0.25) is 10.0 Å². The van der Waals surface area contributed by atoms with Gasteiger partial charge in [-0.3, -0.25) is 9.52 Å². The van der Waals surface area contributed by atoms with Crippen molar-refractivity contribution in [3.63, 3.8) is 0 Å². The second-order valence-electron chi connectivity index (χ2n) is 5.71. The number of carbonyl (C=O) groups is 1. The van der Waals surface area contributed by atoms with Gasteiger partial charge < -0.3 is 5.32 Å². The number of hydrogen-bond acceptors (Lipinski definition) is 3. The van der Waals surface area contributed by atoms with Crippen LogP contribution in [0.3, 0.4) is 0 Å². The maximum atomic E-state index is 12.5. The molecule has 0 aromatic heterocycles. The Morgan fingerprint density at radius 3 is 2.04 bits per heavy atom. The largest absolute Gasteiger partial charge is 0.322 e. The summed E-state index contributed by atoms with van der Waals surface area (Å²) in [7, 11) is -3.65. The summed E-state index contributed by atoms with van der Waals surface area (Å²) < 4.78 is 27.4. The van der Waals surface area contributed by atoms with E-state index in [1.54, 1.807) is 60.7 Å². The van der Waals surface area contributed by atoms with Gasteiger partial charge in [0.15, 0.2) is 0 Å². The molecule has 0 unspecified atom stereocenters. The van der Waals surface area contributed by atoms with Crippen molar-refractivity contribution in [3.8, 4) is 0 Å². The minimum Gasteiger partial charge on any atom is -0.322 e. The van der Waals surface area contributed by atoms with Gasteiger partial charge >= 0.3 is 0 Å². The van der Waals surface area contributed by atoms with Crippen LogP contribution >= 0.6 is 0 Å². The maximum absolute atomic E-state index is 12.5. The summed E-state index contributed by atoms with van der Waals surface area (Å²) in [5, 5.41) is 2.76. The van der Waals surface area contributed by atoms with Gasteiger partial charge in [0.05, 0.1) is 17.0 Å².